The Kier molecular flexibility index (Phi) is 6.26. The summed E-state index contributed by atoms with van der Waals surface area (Å²) in [6.45, 7) is 2.11. The molecule has 0 aliphatic carbocycles. The van der Waals surface area contributed by atoms with E-state index in [9.17, 15) is 4.79 Å². The van der Waals surface area contributed by atoms with Crippen molar-refractivity contribution in [2.24, 2.45) is 0 Å². The van der Waals surface area contributed by atoms with Gasteiger partial charge in [-0.2, -0.15) is 0 Å². The highest BCUT2D eigenvalue weighted by Gasteiger charge is 2.29. The van der Waals surface area contributed by atoms with Crippen molar-refractivity contribution >= 4 is 16.7 Å². The Balaban J connectivity index is 1.43. The summed E-state index contributed by atoms with van der Waals surface area (Å²) in [5.41, 5.74) is 3.27. The lowest BCUT2D eigenvalue weighted by atomic mass is 9.90. The van der Waals surface area contributed by atoms with E-state index < -0.39 is 0 Å². The Hall–Kier alpha value is -3.35. The topological polar surface area (TPSA) is 63.2 Å². The number of benzene rings is 3. The van der Waals surface area contributed by atoms with Crippen LogP contribution in [0, 0.1) is 0 Å². The fourth-order valence-electron chi connectivity index (χ4n) is 4.72. The van der Waals surface area contributed by atoms with Crippen LogP contribution in [0.1, 0.15) is 28.8 Å². The minimum Gasteiger partial charge on any atom is -0.497 e. The maximum atomic E-state index is 12.4. The van der Waals surface area contributed by atoms with Gasteiger partial charge in [-0.05, 0) is 58.3 Å². The van der Waals surface area contributed by atoms with Crippen molar-refractivity contribution in [1.29, 1.82) is 0 Å². The molecule has 1 saturated heterocycles. The summed E-state index contributed by atoms with van der Waals surface area (Å²) < 4.78 is 27.9. The molecule has 0 N–H and O–H groups in total. The number of hydrogen-bond acceptors (Lipinski definition) is 6. The number of esters is 1. The molecule has 6 heteroatoms. The Morgan fingerprint density at radius 3 is 2.50 bits per heavy atom. The molecular weight excluding hydrogens is 432 g/mol. The zero-order chi connectivity index (χ0) is 23.5. The molecule has 0 saturated carbocycles. The molecule has 2 heterocycles. The van der Waals surface area contributed by atoms with E-state index in [-0.39, 0.29) is 18.2 Å². The molecule has 1 fully saturated rings. The van der Waals surface area contributed by atoms with Crippen molar-refractivity contribution < 1.29 is 28.5 Å². The zero-order valence-electron chi connectivity index (χ0n) is 19.5. The first-order valence-electron chi connectivity index (χ1n) is 11.5. The second-order valence-electron chi connectivity index (χ2n) is 8.56. The molecule has 5 rings (SSSR count). The highest BCUT2D eigenvalue weighted by Crippen LogP contribution is 2.39. The Bertz CT molecular complexity index is 1220. The van der Waals surface area contributed by atoms with Gasteiger partial charge in [0.2, 0.25) is 0 Å². The lowest BCUT2D eigenvalue weighted by Crippen LogP contribution is -2.36. The Morgan fingerprint density at radius 2 is 1.76 bits per heavy atom. The van der Waals surface area contributed by atoms with Gasteiger partial charge in [0.25, 0.3) is 0 Å². The van der Waals surface area contributed by atoms with Gasteiger partial charge in [0.05, 0.1) is 18.3 Å². The summed E-state index contributed by atoms with van der Waals surface area (Å²) >= 11 is 0. The van der Waals surface area contributed by atoms with Crippen molar-refractivity contribution in [2.75, 3.05) is 34.0 Å². The van der Waals surface area contributed by atoms with E-state index in [4.69, 9.17) is 23.7 Å². The Morgan fingerprint density at radius 1 is 1.00 bits per heavy atom. The smallest absolute Gasteiger partial charge is 0.338 e. The molecule has 0 atom stereocenters. The maximum absolute atomic E-state index is 12.4. The standard InChI is InChI=1S/C28H28O6/c1-30-21-6-4-19(5-7-21)26-23-9-8-22(16-20(23)17-24-25(26)18-34-27(24)29)33-13-3-10-28(31-2)11-14-32-15-12-28/h3-10,16-17H,11-15,18H2,1-2H3/b10-3+. The average Bonchev–Trinajstić information content (AvgIpc) is 3.25. The molecule has 0 amide bonds. The van der Waals surface area contributed by atoms with Crippen LogP contribution in [0.5, 0.6) is 11.5 Å². The number of fused-ring (bicyclic) bond motifs is 2. The van der Waals surface area contributed by atoms with E-state index in [1.807, 2.05) is 54.6 Å². The second-order valence-corrected chi connectivity index (χ2v) is 8.56. The molecule has 0 spiro atoms. The minimum absolute atomic E-state index is 0.279. The van der Waals surface area contributed by atoms with E-state index in [1.54, 1.807) is 14.2 Å². The highest BCUT2D eigenvalue weighted by molar-refractivity contribution is 6.07. The third-order valence-electron chi connectivity index (χ3n) is 6.68. The number of cyclic esters (lactones) is 1. The van der Waals surface area contributed by atoms with Crippen LogP contribution in [0.2, 0.25) is 0 Å². The average molecular weight is 461 g/mol. The fourth-order valence-corrected chi connectivity index (χ4v) is 4.72. The number of ether oxygens (including phenoxy) is 5. The maximum Gasteiger partial charge on any atom is 0.338 e. The van der Waals surface area contributed by atoms with Gasteiger partial charge in [-0.3, -0.25) is 0 Å². The van der Waals surface area contributed by atoms with Gasteiger partial charge in [-0.1, -0.05) is 24.3 Å². The van der Waals surface area contributed by atoms with E-state index in [0.29, 0.717) is 25.4 Å². The lowest BCUT2D eigenvalue weighted by molar-refractivity contribution is -0.0588. The van der Waals surface area contributed by atoms with Gasteiger partial charge in [0, 0.05) is 38.7 Å². The van der Waals surface area contributed by atoms with Gasteiger partial charge in [-0.25, -0.2) is 4.79 Å². The van der Waals surface area contributed by atoms with Crippen molar-refractivity contribution in [2.45, 2.75) is 25.0 Å². The van der Waals surface area contributed by atoms with Crippen molar-refractivity contribution in [3.63, 3.8) is 0 Å². The Labute approximate surface area is 199 Å². The molecule has 176 valence electrons. The molecule has 3 aromatic carbocycles. The molecule has 6 nitrogen and oxygen atoms in total. The first-order chi connectivity index (χ1) is 16.6. The second kappa shape index (κ2) is 9.49. The summed E-state index contributed by atoms with van der Waals surface area (Å²) in [5, 5.41) is 1.98. The minimum atomic E-state index is -0.290. The number of carbonyl (C=O) groups excluding carboxylic acids is 1. The van der Waals surface area contributed by atoms with Gasteiger partial charge in [0.1, 0.15) is 24.7 Å². The van der Waals surface area contributed by atoms with Gasteiger partial charge >= 0.3 is 5.97 Å². The van der Waals surface area contributed by atoms with Crippen LogP contribution in [0.3, 0.4) is 0 Å². The van der Waals surface area contributed by atoms with Crippen molar-refractivity contribution in [1.82, 2.24) is 0 Å². The van der Waals surface area contributed by atoms with E-state index in [2.05, 4.69) is 6.08 Å². The van der Waals surface area contributed by atoms with Gasteiger partial charge in [-0.15, -0.1) is 0 Å². The SMILES string of the molecule is COc1ccc(-c2c3c(cc4cc(OC/C=C/C5(OC)CCOCC5)ccc24)C(=O)OC3)cc1. The lowest BCUT2D eigenvalue weighted by Gasteiger charge is -2.33. The normalized spacial score (nSPS) is 17.1. The number of hydrogen-bond donors (Lipinski definition) is 0. The van der Waals surface area contributed by atoms with Crippen molar-refractivity contribution in [3.8, 4) is 22.6 Å². The molecule has 0 bridgehead atoms. The van der Waals surface area contributed by atoms with Crippen LogP contribution in [-0.4, -0.2) is 45.6 Å². The van der Waals surface area contributed by atoms with Crippen LogP contribution in [0.25, 0.3) is 21.9 Å². The molecule has 2 aliphatic heterocycles. The van der Waals surface area contributed by atoms with E-state index >= 15 is 0 Å². The number of carbonyl (C=O) groups is 1. The summed E-state index contributed by atoms with van der Waals surface area (Å²) in [7, 11) is 3.39. The predicted octanol–water partition coefficient (Wildman–Crippen LogP) is 5.32. The first kappa shape index (κ1) is 22.4. The number of rotatable bonds is 7. The molecule has 3 aromatic rings. The van der Waals surface area contributed by atoms with E-state index in [1.165, 1.54) is 0 Å². The van der Waals surface area contributed by atoms with Gasteiger partial charge < -0.3 is 23.7 Å². The van der Waals surface area contributed by atoms with E-state index in [0.717, 1.165) is 51.8 Å². The third-order valence-corrected chi connectivity index (χ3v) is 6.68. The largest absolute Gasteiger partial charge is 0.497 e. The summed E-state index contributed by atoms with van der Waals surface area (Å²) in [4.78, 5) is 12.4. The summed E-state index contributed by atoms with van der Waals surface area (Å²) in [6.07, 6.45) is 5.76. The fraction of sp³-hybridized carbons (Fsp3) is 0.321. The molecule has 34 heavy (non-hydrogen) atoms. The van der Waals surface area contributed by atoms with Crippen LogP contribution in [-0.2, 0) is 20.8 Å². The monoisotopic (exact) mass is 460 g/mol. The first-order valence-corrected chi connectivity index (χ1v) is 11.5. The molecule has 0 unspecified atom stereocenters. The third kappa shape index (κ3) is 4.27. The molecule has 2 aliphatic rings. The molecular formula is C28H28O6. The summed E-state index contributed by atoms with van der Waals surface area (Å²) in [6, 6.07) is 15.8. The predicted molar refractivity (Wildman–Crippen MR) is 129 cm³/mol. The van der Waals surface area contributed by atoms with Crippen LogP contribution < -0.4 is 9.47 Å². The van der Waals surface area contributed by atoms with Crippen LogP contribution in [0.15, 0.2) is 60.7 Å². The summed E-state index contributed by atoms with van der Waals surface area (Å²) in [5.74, 6) is 1.23. The zero-order valence-corrected chi connectivity index (χ0v) is 19.5. The quantitative estimate of drug-likeness (QED) is 0.351. The highest BCUT2D eigenvalue weighted by atomic mass is 16.5. The van der Waals surface area contributed by atoms with Gasteiger partial charge in [0.15, 0.2) is 0 Å². The van der Waals surface area contributed by atoms with Crippen molar-refractivity contribution in [3.05, 3.63) is 71.8 Å². The number of methoxy groups -OCH3 is 2. The van der Waals surface area contributed by atoms with Crippen LogP contribution >= 0.6 is 0 Å². The van der Waals surface area contributed by atoms with Crippen LogP contribution in [0.4, 0.5) is 0 Å². The molecule has 0 radical (unpaired) electrons. The molecule has 0 aromatic heterocycles.